The van der Waals surface area contributed by atoms with Crippen molar-refractivity contribution in [3.63, 3.8) is 0 Å². The molecule has 1 aromatic carbocycles. The zero-order chi connectivity index (χ0) is 12.5. The molecular weight excluding hydrogens is 232 g/mol. The Kier molecular flexibility index (Phi) is 2.68. The van der Waals surface area contributed by atoms with Crippen LogP contribution in [0.1, 0.15) is 0 Å². The second-order valence-electron chi connectivity index (χ2n) is 4.18. The normalized spacial score (nSPS) is 13.8. The summed E-state index contributed by atoms with van der Waals surface area (Å²) in [4.78, 5) is 11.9. The van der Waals surface area contributed by atoms with Crippen LogP contribution in [0.2, 0.25) is 0 Å². The Morgan fingerprint density at radius 1 is 1.22 bits per heavy atom. The molecule has 2 N–H and O–H groups in total. The Hall–Kier alpha value is -2.01. The van der Waals surface area contributed by atoms with Gasteiger partial charge in [-0.15, -0.1) is 0 Å². The topological polar surface area (TPSA) is 66.5 Å². The standard InChI is InChI=1S/C13H14N2O3/c14-2-4-15-3-1-11(16)9-7-12-13(8-10(9)15)18-6-5-17-12/h1,3,7-8H,2,4-6,14H2. The molecule has 94 valence electrons. The fourth-order valence-electron chi connectivity index (χ4n) is 2.17. The van der Waals surface area contributed by atoms with Crippen LogP contribution in [0.4, 0.5) is 0 Å². The van der Waals surface area contributed by atoms with Crippen LogP contribution >= 0.6 is 0 Å². The van der Waals surface area contributed by atoms with E-state index in [1.807, 2.05) is 10.6 Å². The van der Waals surface area contributed by atoms with Crippen LogP contribution in [0.25, 0.3) is 10.9 Å². The molecule has 0 aliphatic carbocycles. The molecule has 1 aliphatic rings. The van der Waals surface area contributed by atoms with E-state index in [9.17, 15) is 4.79 Å². The highest BCUT2D eigenvalue weighted by Crippen LogP contribution is 2.33. The van der Waals surface area contributed by atoms with E-state index in [-0.39, 0.29) is 5.43 Å². The predicted octanol–water partition coefficient (Wildman–Crippen LogP) is 0.731. The summed E-state index contributed by atoms with van der Waals surface area (Å²) in [6, 6.07) is 5.15. The number of nitrogens with two attached hydrogens (primary N) is 1. The fraction of sp³-hybridized carbons (Fsp3) is 0.308. The number of aromatic nitrogens is 1. The van der Waals surface area contributed by atoms with Gasteiger partial charge in [0.1, 0.15) is 13.2 Å². The van der Waals surface area contributed by atoms with Crippen molar-refractivity contribution in [3.8, 4) is 11.5 Å². The maximum atomic E-state index is 11.9. The largest absolute Gasteiger partial charge is 0.486 e. The number of ether oxygens (including phenoxy) is 2. The molecular formula is C13H14N2O3. The Bertz CT molecular complexity index is 648. The zero-order valence-corrected chi connectivity index (χ0v) is 9.89. The zero-order valence-electron chi connectivity index (χ0n) is 9.89. The number of nitrogens with zero attached hydrogens (tertiary/aromatic N) is 1. The molecule has 1 aliphatic heterocycles. The molecule has 1 aromatic heterocycles. The molecule has 0 saturated heterocycles. The van der Waals surface area contributed by atoms with Gasteiger partial charge in [0.05, 0.1) is 5.52 Å². The molecule has 0 bridgehead atoms. The van der Waals surface area contributed by atoms with Crippen LogP contribution in [-0.2, 0) is 6.54 Å². The Morgan fingerprint density at radius 3 is 2.67 bits per heavy atom. The van der Waals surface area contributed by atoms with Crippen LogP contribution < -0.4 is 20.6 Å². The van der Waals surface area contributed by atoms with E-state index in [1.54, 1.807) is 18.3 Å². The fourth-order valence-corrected chi connectivity index (χ4v) is 2.17. The highest BCUT2D eigenvalue weighted by atomic mass is 16.6. The number of hydrogen-bond donors (Lipinski definition) is 1. The SMILES string of the molecule is NCCn1ccc(=O)c2cc3c(cc21)OCCO3. The van der Waals surface area contributed by atoms with Gasteiger partial charge in [-0.25, -0.2) is 0 Å². The lowest BCUT2D eigenvalue weighted by Crippen LogP contribution is -2.17. The van der Waals surface area contributed by atoms with Crippen molar-refractivity contribution >= 4 is 10.9 Å². The minimum absolute atomic E-state index is 0.0183. The molecule has 2 aromatic rings. The van der Waals surface area contributed by atoms with Gasteiger partial charge < -0.3 is 19.8 Å². The maximum absolute atomic E-state index is 11.9. The Morgan fingerprint density at radius 2 is 1.94 bits per heavy atom. The van der Waals surface area contributed by atoms with Crippen molar-refractivity contribution in [2.24, 2.45) is 5.73 Å². The van der Waals surface area contributed by atoms with Crippen LogP contribution in [-0.4, -0.2) is 24.3 Å². The highest BCUT2D eigenvalue weighted by Gasteiger charge is 2.14. The van der Waals surface area contributed by atoms with Gasteiger partial charge in [-0.3, -0.25) is 4.79 Å². The van der Waals surface area contributed by atoms with Crippen molar-refractivity contribution in [2.75, 3.05) is 19.8 Å². The molecule has 0 saturated carbocycles. The molecule has 3 rings (SSSR count). The van der Waals surface area contributed by atoms with E-state index in [0.717, 1.165) is 5.52 Å². The molecule has 0 unspecified atom stereocenters. The van der Waals surface area contributed by atoms with Crippen LogP contribution in [0.5, 0.6) is 11.5 Å². The molecule has 0 radical (unpaired) electrons. The van der Waals surface area contributed by atoms with Crippen LogP contribution in [0, 0.1) is 0 Å². The third-order valence-corrected chi connectivity index (χ3v) is 3.01. The van der Waals surface area contributed by atoms with E-state index >= 15 is 0 Å². The summed E-state index contributed by atoms with van der Waals surface area (Å²) in [6.45, 7) is 2.23. The van der Waals surface area contributed by atoms with E-state index < -0.39 is 0 Å². The number of benzene rings is 1. The Balaban J connectivity index is 2.28. The highest BCUT2D eigenvalue weighted by molar-refractivity contribution is 5.83. The van der Waals surface area contributed by atoms with Gasteiger partial charge in [-0.2, -0.15) is 0 Å². The lowest BCUT2D eigenvalue weighted by atomic mass is 10.1. The molecule has 0 atom stereocenters. The first kappa shape index (κ1) is 11.1. The second kappa shape index (κ2) is 4.34. The average molecular weight is 246 g/mol. The smallest absolute Gasteiger partial charge is 0.189 e. The van der Waals surface area contributed by atoms with Crippen LogP contribution in [0.15, 0.2) is 29.2 Å². The van der Waals surface area contributed by atoms with Crippen molar-refractivity contribution in [1.82, 2.24) is 4.57 Å². The van der Waals surface area contributed by atoms with Gasteiger partial charge in [0.25, 0.3) is 0 Å². The first-order valence-corrected chi connectivity index (χ1v) is 5.92. The molecule has 0 amide bonds. The van der Waals surface area contributed by atoms with E-state index in [1.165, 1.54) is 0 Å². The lowest BCUT2D eigenvalue weighted by Gasteiger charge is -2.19. The molecule has 2 heterocycles. The first-order valence-electron chi connectivity index (χ1n) is 5.92. The monoisotopic (exact) mass is 246 g/mol. The number of rotatable bonds is 2. The minimum atomic E-state index is -0.0183. The number of hydrogen-bond acceptors (Lipinski definition) is 4. The third kappa shape index (κ3) is 1.73. The maximum Gasteiger partial charge on any atom is 0.189 e. The molecule has 0 spiro atoms. The summed E-state index contributed by atoms with van der Waals surface area (Å²) >= 11 is 0. The summed E-state index contributed by atoms with van der Waals surface area (Å²) in [7, 11) is 0. The minimum Gasteiger partial charge on any atom is -0.486 e. The molecule has 18 heavy (non-hydrogen) atoms. The summed E-state index contributed by atoms with van der Waals surface area (Å²) in [5.74, 6) is 1.32. The van der Waals surface area contributed by atoms with Gasteiger partial charge in [-0.1, -0.05) is 0 Å². The van der Waals surface area contributed by atoms with Crippen molar-refractivity contribution < 1.29 is 9.47 Å². The van der Waals surface area contributed by atoms with Crippen molar-refractivity contribution in [2.45, 2.75) is 6.54 Å². The quantitative estimate of drug-likeness (QED) is 0.848. The van der Waals surface area contributed by atoms with E-state index in [0.29, 0.717) is 43.2 Å². The summed E-state index contributed by atoms with van der Waals surface area (Å²) in [5.41, 5.74) is 6.38. The van der Waals surface area contributed by atoms with Gasteiger partial charge in [0, 0.05) is 36.8 Å². The first-order chi connectivity index (χ1) is 8.79. The second-order valence-corrected chi connectivity index (χ2v) is 4.18. The van der Waals surface area contributed by atoms with Gasteiger partial charge in [0.15, 0.2) is 16.9 Å². The van der Waals surface area contributed by atoms with Crippen molar-refractivity contribution in [1.29, 1.82) is 0 Å². The van der Waals surface area contributed by atoms with Crippen LogP contribution in [0.3, 0.4) is 0 Å². The van der Waals surface area contributed by atoms with E-state index in [2.05, 4.69) is 0 Å². The summed E-state index contributed by atoms with van der Waals surface area (Å²) in [6.07, 6.45) is 1.76. The van der Waals surface area contributed by atoms with Gasteiger partial charge >= 0.3 is 0 Å². The lowest BCUT2D eigenvalue weighted by molar-refractivity contribution is 0.172. The van der Waals surface area contributed by atoms with Crippen molar-refractivity contribution in [3.05, 3.63) is 34.6 Å². The Labute approximate surface area is 104 Å². The van der Waals surface area contributed by atoms with Gasteiger partial charge in [0.2, 0.25) is 0 Å². The summed E-state index contributed by atoms with van der Waals surface area (Å²) in [5, 5.41) is 0.634. The average Bonchev–Trinajstić information content (AvgIpc) is 2.41. The molecule has 0 fully saturated rings. The molecule has 5 heteroatoms. The van der Waals surface area contributed by atoms with Gasteiger partial charge in [-0.05, 0) is 6.07 Å². The number of fused-ring (bicyclic) bond motifs is 2. The number of pyridine rings is 1. The molecule has 5 nitrogen and oxygen atoms in total. The van der Waals surface area contributed by atoms with E-state index in [4.69, 9.17) is 15.2 Å². The predicted molar refractivity (Wildman–Crippen MR) is 68.3 cm³/mol. The summed E-state index contributed by atoms with van der Waals surface area (Å²) < 4.78 is 13.0. The third-order valence-electron chi connectivity index (χ3n) is 3.01.